The molecular weight excluding hydrogens is 266 g/mol. The number of methoxy groups -OCH3 is 1. The number of hydrogen-bond donors (Lipinski definition) is 4. The van der Waals surface area contributed by atoms with Crippen LogP contribution in [0.1, 0.15) is 11.8 Å². The highest BCUT2D eigenvalue weighted by molar-refractivity contribution is 5.85. The predicted octanol–water partition coefficient (Wildman–Crippen LogP) is -1.26. The average Bonchev–Trinajstić information content (AvgIpc) is 3.00. The van der Waals surface area contributed by atoms with E-state index >= 15 is 0 Å². The number of aliphatic hydroxyl groups is 2. The number of aromatic nitrogens is 4. The number of nitrogens with one attached hydrogen (secondary N) is 1. The Kier molecular flexibility index (Phi) is 3.26. The highest BCUT2D eigenvalue weighted by Gasteiger charge is 2.45. The van der Waals surface area contributed by atoms with Crippen molar-refractivity contribution in [2.45, 2.75) is 24.4 Å². The molecule has 0 radical (unpaired) electrons. The van der Waals surface area contributed by atoms with Crippen molar-refractivity contribution < 1.29 is 19.7 Å². The third kappa shape index (κ3) is 1.83. The van der Waals surface area contributed by atoms with Crippen LogP contribution in [0.25, 0.3) is 11.0 Å². The summed E-state index contributed by atoms with van der Waals surface area (Å²) in [5, 5.41) is 26.3. The van der Waals surface area contributed by atoms with Crippen molar-refractivity contribution in [1.29, 1.82) is 0 Å². The second kappa shape index (κ2) is 4.94. The normalized spacial score (nSPS) is 30.1. The lowest BCUT2D eigenvalue weighted by atomic mass is 10.1. The summed E-state index contributed by atoms with van der Waals surface area (Å²) in [6.07, 6.45) is -1.59. The van der Waals surface area contributed by atoms with Crippen molar-refractivity contribution in [2.75, 3.05) is 19.5 Å². The number of aliphatic hydroxyl groups excluding tert-OH is 2. The summed E-state index contributed by atoms with van der Waals surface area (Å²) in [5.41, 5.74) is 7.09. The van der Waals surface area contributed by atoms with Gasteiger partial charge >= 0.3 is 0 Å². The minimum atomic E-state index is -0.947. The fourth-order valence-electron chi connectivity index (χ4n) is 2.48. The molecule has 9 nitrogen and oxygen atoms in total. The molecule has 0 saturated carbocycles. The third-order valence-corrected chi connectivity index (χ3v) is 3.47. The van der Waals surface area contributed by atoms with Gasteiger partial charge in [0.1, 0.15) is 36.3 Å². The molecule has 1 saturated heterocycles. The highest BCUT2D eigenvalue weighted by Crippen LogP contribution is 2.36. The van der Waals surface area contributed by atoms with Crippen molar-refractivity contribution in [3.8, 4) is 0 Å². The number of ether oxygens (including phenoxy) is 2. The molecule has 3 heterocycles. The Labute approximate surface area is 113 Å². The summed E-state index contributed by atoms with van der Waals surface area (Å²) < 4.78 is 10.8. The summed E-state index contributed by atoms with van der Waals surface area (Å²) in [6, 6.07) is 0. The Morgan fingerprint density at radius 1 is 1.45 bits per heavy atom. The first kappa shape index (κ1) is 13.2. The van der Waals surface area contributed by atoms with Gasteiger partial charge in [-0.05, 0) is 0 Å². The van der Waals surface area contributed by atoms with E-state index in [1.807, 2.05) is 0 Å². The van der Waals surface area contributed by atoms with Gasteiger partial charge in [-0.15, -0.1) is 0 Å². The van der Waals surface area contributed by atoms with E-state index in [0.717, 1.165) is 0 Å². The smallest absolute Gasteiger partial charge is 0.155 e. The zero-order valence-electron chi connectivity index (χ0n) is 10.7. The van der Waals surface area contributed by atoms with Gasteiger partial charge in [-0.2, -0.15) is 5.10 Å². The lowest BCUT2D eigenvalue weighted by Crippen LogP contribution is -2.34. The molecule has 0 aliphatic carbocycles. The number of anilines is 1. The molecule has 0 unspecified atom stereocenters. The Balaban J connectivity index is 2.01. The maximum atomic E-state index is 10.3. The number of hydrogen-bond acceptors (Lipinski definition) is 8. The zero-order chi connectivity index (χ0) is 14.3. The molecule has 2 aromatic heterocycles. The predicted molar refractivity (Wildman–Crippen MR) is 67.6 cm³/mol. The van der Waals surface area contributed by atoms with Gasteiger partial charge in [0.2, 0.25) is 0 Å². The third-order valence-electron chi connectivity index (χ3n) is 3.47. The van der Waals surface area contributed by atoms with Crippen LogP contribution in [0, 0.1) is 0 Å². The molecule has 3 rings (SSSR count). The fourth-order valence-corrected chi connectivity index (χ4v) is 2.48. The average molecular weight is 281 g/mol. The van der Waals surface area contributed by atoms with E-state index in [2.05, 4.69) is 20.2 Å². The Hall–Kier alpha value is -1.81. The van der Waals surface area contributed by atoms with E-state index in [9.17, 15) is 10.2 Å². The molecule has 9 heteroatoms. The van der Waals surface area contributed by atoms with Crippen molar-refractivity contribution in [3.63, 3.8) is 0 Å². The first-order chi connectivity index (χ1) is 9.67. The topological polar surface area (TPSA) is 139 Å². The zero-order valence-corrected chi connectivity index (χ0v) is 10.7. The summed E-state index contributed by atoms with van der Waals surface area (Å²) in [6.45, 7) is -0.255. The van der Waals surface area contributed by atoms with Crippen LogP contribution in [-0.2, 0) is 9.47 Å². The number of nitrogen functional groups attached to an aromatic ring is 1. The fraction of sp³-hybridized carbons (Fsp3) is 0.545. The number of H-pyrrole nitrogens is 1. The summed E-state index contributed by atoms with van der Waals surface area (Å²) in [7, 11) is 1.45. The van der Waals surface area contributed by atoms with Gasteiger partial charge in [0.25, 0.3) is 0 Å². The minimum absolute atomic E-state index is 0.243. The monoisotopic (exact) mass is 281 g/mol. The van der Waals surface area contributed by atoms with Crippen LogP contribution in [0.3, 0.4) is 0 Å². The molecule has 0 bridgehead atoms. The maximum Gasteiger partial charge on any atom is 0.155 e. The number of nitrogens with two attached hydrogens (primary N) is 1. The number of rotatable bonds is 3. The van der Waals surface area contributed by atoms with Gasteiger partial charge in [0.05, 0.1) is 12.3 Å². The standard InChI is InChI=1S/C11H15N5O4/c1-19-9-4(2-17)20-10(8(9)18)6-5-7(16-15-6)11(12)14-3-13-5/h3-4,8-10,17-18H,2H2,1H3,(H,15,16)(H2,12,13,14)/t4-,8-,9-,10+/m1/s1. The van der Waals surface area contributed by atoms with E-state index in [4.69, 9.17) is 15.2 Å². The second-order valence-corrected chi connectivity index (χ2v) is 4.56. The molecule has 0 aromatic carbocycles. The largest absolute Gasteiger partial charge is 0.394 e. The Morgan fingerprint density at radius 3 is 2.90 bits per heavy atom. The number of nitrogens with zero attached hydrogens (tertiary/aromatic N) is 3. The summed E-state index contributed by atoms with van der Waals surface area (Å²) in [5.74, 6) is 0.243. The summed E-state index contributed by atoms with van der Waals surface area (Å²) >= 11 is 0. The molecule has 1 aliphatic rings. The van der Waals surface area contributed by atoms with Crippen molar-refractivity contribution >= 4 is 16.9 Å². The lowest BCUT2D eigenvalue weighted by Gasteiger charge is -2.16. The SMILES string of the molecule is CO[C@H]1[C@@H](O)[C@H](c2[nH]nc3c(N)ncnc23)O[C@@H]1CO. The van der Waals surface area contributed by atoms with E-state index < -0.39 is 24.4 Å². The first-order valence-corrected chi connectivity index (χ1v) is 6.09. The van der Waals surface area contributed by atoms with Gasteiger partial charge in [-0.25, -0.2) is 9.97 Å². The van der Waals surface area contributed by atoms with Crippen LogP contribution in [0.5, 0.6) is 0 Å². The molecule has 0 spiro atoms. The van der Waals surface area contributed by atoms with Crippen LogP contribution >= 0.6 is 0 Å². The van der Waals surface area contributed by atoms with Crippen LogP contribution in [-0.4, -0.2) is 62.4 Å². The van der Waals surface area contributed by atoms with E-state index in [1.165, 1.54) is 13.4 Å². The molecule has 20 heavy (non-hydrogen) atoms. The van der Waals surface area contributed by atoms with Gasteiger partial charge < -0.3 is 25.4 Å². The molecule has 1 fully saturated rings. The Morgan fingerprint density at radius 2 is 2.25 bits per heavy atom. The quantitative estimate of drug-likeness (QED) is 0.547. The van der Waals surface area contributed by atoms with Crippen molar-refractivity contribution in [3.05, 3.63) is 12.0 Å². The van der Waals surface area contributed by atoms with E-state index in [1.54, 1.807) is 0 Å². The van der Waals surface area contributed by atoms with Crippen LogP contribution in [0.4, 0.5) is 5.82 Å². The highest BCUT2D eigenvalue weighted by atomic mass is 16.6. The lowest BCUT2D eigenvalue weighted by molar-refractivity contribution is -0.0366. The van der Waals surface area contributed by atoms with E-state index in [-0.39, 0.29) is 12.4 Å². The maximum absolute atomic E-state index is 10.3. The number of aromatic amines is 1. The minimum Gasteiger partial charge on any atom is -0.394 e. The summed E-state index contributed by atoms with van der Waals surface area (Å²) in [4.78, 5) is 7.95. The van der Waals surface area contributed by atoms with Gasteiger partial charge in [-0.1, -0.05) is 0 Å². The molecule has 2 aromatic rings. The second-order valence-electron chi connectivity index (χ2n) is 4.56. The number of fused-ring (bicyclic) bond motifs is 1. The molecular formula is C11H15N5O4. The molecule has 108 valence electrons. The molecule has 1 aliphatic heterocycles. The van der Waals surface area contributed by atoms with Crippen molar-refractivity contribution in [2.24, 2.45) is 0 Å². The molecule has 0 amide bonds. The van der Waals surface area contributed by atoms with Crippen molar-refractivity contribution in [1.82, 2.24) is 20.2 Å². The van der Waals surface area contributed by atoms with Crippen LogP contribution in [0.2, 0.25) is 0 Å². The molecule has 5 N–H and O–H groups in total. The van der Waals surface area contributed by atoms with Gasteiger partial charge in [0.15, 0.2) is 11.3 Å². The Bertz CT molecular complexity index is 618. The van der Waals surface area contributed by atoms with Gasteiger partial charge in [0, 0.05) is 7.11 Å². The van der Waals surface area contributed by atoms with Crippen LogP contribution < -0.4 is 5.73 Å². The van der Waals surface area contributed by atoms with Gasteiger partial charge in [-0.3, -0.25) is 5.10 Å². The first-order valence-electron chi connectivity index (χ1n) is 6.09. The van der Waals surface area contributed by atoms with E-state index in [0.29, 0.717) is 16.7 Å². The van der Waals surface area contributed by atoms with Crippen LogP contribution in [0.15, 0.2) is 6.33 Å². The molecule has 4 atom stereocenters.